The molecule has 188 valence electrons. The molecule has 3 aliphatic rings. The number of β-amino-alcohol motifs (C(OH)–C–C–N with tert-alkyl or cyclic N) is 1. The minimum absolute atomic E-state index is 0.0268. The average molecular weight is 472 g/mol. The van der Waals surface area contributed by atoms with Crippen LogP contribution < -0.4 is 10.6 Å². The van der Waals surface area contributed by atoms with E-state index in [0.29, 0.717) is 12.5 Å². The van der Waals surface area contributed by atoms with Crippen molar-refractivity contribution in [1.29, 1.82) is 0 Å². The van der Waals surface area contributed by atoms with E-state index in [9.17, 15) is 14.7 Å². The second-order valence-electron chi connectivity index (χ2n) is 10.7. The number of nitrogens with one attached hydrogen (secondary N) is 2. The van der Waals surface area contributed by atoms with Crippen LogP contribution in [0.25, 0.3) is 0 Å². The molecule has 1 aromatic carbocycles. The van der Waals surface area contributed by atoms with Gasteiger partial charge in [-0.05, 0) is 64.1 Å². The van der Waals surface area contributed by atoms with Crippen LogP contribution in [-0.2, 0) is 10.3 Å². The minimum Gasteiger partial charge on any atom is -0.377 e. The Balaban J connectivity index is 1.50. The van der Waals surface area contributed by atoms with E-state index in [1.54, 1.807) is 11.9 Å². The quantitative estimate of drug-likeness (QED) is 0.479. The Hall–Kier alpha value is -2.16. The van der Waals surface area contributed by atoms with Gasteiger partial charge in [-0.2, -0.15) is 0 Å². The van der Waals surface area contributed by atoms with E-state index in [0.717, 1.165) is 32.2 Å². The minimum atomic E-state index is -0.935. The van der Waals surface area contributed by atoms with Gasteiger partial charge in [0.1, 0.15) is 6.23 Å². The van der Waals surface area contributed by atoms with Crippen molar-refractivity contribution in [3.63, 3.8) is 0 Å². The summed E-state index contributed by atoms with van der Waals surface area (Å²) in [5.74, 6) is 0.398. The summed E-state index contributed by atoms with van der Waals surface area (Å²) in [6.07, 6.45) is 6.57. The summed E-state index contributed by atoms with van der Waals surface area (Å²) >= 11 is 0. The molecular formula is C26H41N5O3. The number of carbonyl (C=O) groups is 2. The highest BCUT2D eigenvalue weighted by Gasteiger charge is 2.55. The highest BCUT2D eigenvalue weighted by molar-refractivity contribution is 5.79. The fourth-order valence-corrected chi connectivity index (χ4v) is 6.10. The van der Waals surface area contributed by atoms with E-state index >= 15 is 0 Å². The molecule has 3 amide bonds. The number of hydrogen-bond donors (Lipinski definition) is 3. The first kappa shape index (κ1) is 24.9. The van der Waals surface area contributed by atoms with Crippen LogP contribution in [0.4, 0.5) is 4.79 Å². The average Bonchev–Trinajstić information content (AvgIpc) is 3.05. The Kier molecular flexibility index (Phi) is 7.50. The lowest BCUT2D eigenvalue weighted by atomic mass is 9.68. The highest BCUT2D eigenvalue weighted by Crippen LogP contribution is 2.49. The highest BCUT2D eigenvalue weighted by atomic mass is 16.3. The maximum atomic E-state index is 13.6. The van der Waals surface area contributed by atoms with Gasteiger partial charge >= 0.3 is 6.03 Å². The molecule has 34 heavy (non-hydrogen) atoms. The zero-order valence-electron chi connectivity index (χ0n) is 20.9. The van der Waals surface area contributed by atoms with Gasteiger partial charge < -0.3 is 20.2 Å². The van der Waals surface area contributed by atoms with E-state index < -0.39 is 6.23 Å². The van der Waals surface area contributed by atoms with Crippen molar-refractivity contribution in [1.82, 2.24) is 25.3 Å². The number of aliphatic hydroxyl groups is 1. The maximum Gasteiger partial charge on any atom is 0.320 e. The van der Waals surface area contributed by atoms with E-state index in [1.165, 1.54) is 24.8 Å². The molecule has 3 N–H and O–H groups in total. The van der Waals surface area contributed by atoms with Gasteiger partial charge in [0.2, 0.25) is 5.91 Å². The Morgan fingerprint density at radius 2 is 1.85 bits per heavy atom. The van der Waals surface area contributed by atoms with Crippen molar-refractivity contribution in [3.8, 4) is 0 Å². The van der Waals surface area contributed by atoms with Gasteiger partial charge in [-0.25, -0.2) is 4.79 Å². The van der Waals surface area contributed by atoms with Crippen LogP contribution in [-0.4, -0.2) is 90.8 Å². The third-order valence-electron chi connectivity index (χ3n) is 8.57. The van der Waals surface area contributed by atoms with Crippen LogP contribution in [0.1, 0.15) is 50.5 Å². The van der Waals surface area contributed by atoms with Crippen LogP contribution >= 0.6 is 0 Å². The van der Waals surface area contributed by atoms with Crippen LogP contribution in [0, 0.1) is 5.92 Å². The van der Waals surface area contributed by atoms with Gasteiger partial charge in [-0.15, -0.1) is 0 Å². The number of carbonyl (C=O) groups excluding carboxylic acids is 2. The van der Waals surface area contributed by atoms with Gasteiger partial charge in [0.25, 0.3) is 0 Å². The Bertz CT molecular complexity index is 849. The normalized spacial score (nSPS) is 28.4. The molecule has 1 heterocycles. The molecule has 0 aromatic heterocycles. The molecule has 1 aromatic rings. The molecule has 1 atom stereocenters. The van der Waals surface area contributed by atoms with Crippen molar-refractivity contribution < 1.29 is 14.7 Å². The van der Waals surface area contributed by atoms with Crippen molar-refractivity contribution in [2.24, 2.45) is 5.92 Å². The van der Waals surface area contributed by atoms with Gasteiger partial charge in [0, 0.05) is 25.7 Å². The number of benzene rings is 1. The molecule has 8 heteroatoms. The molecule has 4 rings (SSSR count). The first-order valence-electron chi connectivity index (χ1n) is 12.7. The standard InChI is InChI=1S/C26H41N5O3/c1-27-22(32)16-28-23(33)18-30-19-25(31(24(30)34)17-20-8-7-9-20)12-14-26(15-13-25,29(2)3)21-10-5-4-6-11-21/h4-6,10-11,20,23,28,33H,7-9,12-19H2,1-3H3,(H,27,32)/t23?,25-,26+. The second kappa shape index (κ2) is 10.2. The monoisotopic (exact) mass is 471 g/mol. The van der Waals surface area contributed by atoms with Crippen LogP contribution in [0.3, 0.4) is 0 Å². The number of likely N-dealkylation sites (N-methyl/N-ethyl adjacent to an activating group) is 1. The van der Waals surface area contributed by atoms with Gasteiger partial charge in [0.15, 0.2) is 0 Å². The maximum absolute atomic E-state index is 13.6. The van der Waals surface area contributed by atoms with Crippen LogP contribution in [0.5, 0.6) is 0 Å². The number of urea groups is 1. The molecule has 2 saturated carbocycles. The fraction of sp³-hybridized carbons (Fsp3) is 0.692. The van der Waals surface area contributed by atoms with Crippen molar-refractivity contribution in [3.05, 3.63) is 35.9 Å². The molecule has 2 aliphatic carbocycles. The molecule has 1 saturated heterocycles. The summed E-state index contributed by atoms with van der Waals surface area (Å²) in [7, 11) is 5.89. The molecule has 0 radical (unpaired) electrons. The number of amides is 3. The number of hydrogen-bond acceptors (Lipinski definition) is 5. The first-order valence-corrected chi connectivity index (χ1v) is 12.7. The SMILES string of the molecule is CNC(=O)CNC(O)CN1C[C@]2(CC[C@](c3ccccc3)(N(C)C)CC2)N(CC2CCC2)C1=O. The van der Waals surface area contributed by atoms with Crippen molar-refractivity contribution in [2.75, 3.05) is 47.3 Å². The smallest absolute Gasteiger partial charge is 0.320 e. The van der Waals surface area contributed by atoms with E-state index in [2.05, 4.69) is 64.9 Å². The van der Waals surface area contributed by atoms with Crippen molar-refractivity contribution in [2.45, 2.75) is 62.3 Å². The lowest BCUT2D eigenvalue weighted by Crippen LogP contribution is -2.56. The summed E-state index contributed by atoms with van der Waals surface area (Å²) in [4.78, 5) is 31.4. The summed E-state index contributed by atoms with van der Waals surface area (Å²) in [6, 6.07) is 10.8. The third kappa shape index (κ3) is 4.81. The van der Waals surface area contributed by atoms with Gasteiger partial charge in [-0.1, -0.05) is 36.8 Å². The molecular weight excluding hydrogens is 430 g/mol. The molecule has 0 bridgehead atoms. The number of aliphatic hydroxyl groups excluding tert-OH is 1. The first-order chi connectivity index (χ1) is 16.3. The van der Waals surface area contributed by atoms with Crippen LogP contribution in [0.2, 0.25) is 0 Å². The zero-order valence-corrected chi connectivity index (χ0v) is 20.9. The van der Waals surface area contributed by atoms with Gasteiger partial charge in [0.05, 0.1) is 18.6 Å². The molecule has 8 nitrogen and oxygen atoms in total. The summed E-state index contributed by atoms with van der Waals surface area (Å²) < 4.78 is 0. The van der Waals surface area contributed by atoms with Crippen LogP contribution in [0.15, 0.2) is 30.3 Å². The summed E-state index contributed by atoms with van der Waals surface area (Å²) in [5.41, 5.74) is 1.12. The summed E-state index contributed by atoms with van der Waals surface area (Å²) in [5, 5.41) is 15.8. The lowest BCUT2D eigenvalue weighted by molar-refractivity contribution is -0.120. The Morgan fingerprint density at radius 3 is 2.41 bits per heavy atom. The lowest BCUT2D eigenvalue weighted by Gasteiger charge is -2.51. The molecule has 1 spiro atoms. The van der Waals surface area contributed by atoms with Gasteiger partial charge in [-0.3, -0.25) is 15.0 Å². The predicted molar refractivity (Wildman–Crippen MR) is 132 cm³/mol. The molecule has 1 aliphatic heterocycles. The Morgan fingerprint density at radius 1 is 1.18 bits per heavy atom. The van der Waals surface area contributed by atoms with E-state index in [4.69, 9.17) is 0 Å². The summed E-state index contributed by atoms with van der Waals surface area (Å²) in [6.45, 7) is 1.67. The largest absolute Gasteiger partial charge is 0.377 e. The Labute approximate surface area is 203 Å². The zero-order chi connectivity index (χ0) is 24.3. The van der Waals surface area contributed by atoms with E-state index in [1.807, 2.05) is 0 Å². The molecule has 1 unspecified atom stereocenters. The van der Waals surface area contributed by atoms with E-state index in [-0.39, 0.29) is 36.1 Å². The van der Waals surface area contributed by atoms with Crippen molar-refractivity contribution >= 4 is 11.9 Å². The third-order valence-corrected chi connectivity index (χ3v) is 8.57. The predicted octanol–water partition coefficient (Wildman–Crippen LogP) is 1.95. The molecule has 3 fully saturated rings. The second-order valence-corrected chi connectivity index (χ2v) is 10.7. The number of nitrogens with zero attached hydrogens (tertiary/aromatic N) is 3. The fourth-order valence-electron chi connectivity index (χ4n) is 6.10. The number of rotatable bonds is 9. The topological polar surface area (TPSA) is 88.1 Å².